The Morgan fingerprint density at radius 3 is 2.53 bits per heavy atom. The minimum absolute atomic E-state index is 0.0621. The zero-order valence-corrected chi connectivity index (χ0v) is 11.1. The molecule has 2 saturated heterocycles. The van der Waals surface area contributed by atoms with Crippen molar-refractivity contribution in [3.05, 3.63) is 23.7 Å². The van der Waals surface area contributed by atoms with Gasteiger partial charge in [-0.15, -0.1) is 0 Å². The molecule has 0 saturated carbocycles. The molecule has 0 unspecified atom stereocenters. The number of hydrogen-bond acceptors (Lipinski definition) is 4. The van der Waals surface area contributed by atoms with Crippen molar-refractivity contribution in [3.8, 4) is 0 Å². The average molecular weight is 265 g/mol. The molecule has 2 fully saturated rings. The number of rotatable bonds is 2. The molecule has 0 atom stereocenters. The number of nitrogens with zero attached hydrogens (tertiary/aromatic N) is 1. The average Bonchev–Trinajstić information content (AvgIpc) is 3.09. The molecular weight excluding hydrogens is 246 g/mol. The highest BCUT2D eigenvalue weighted by molar-refractivity contribution is 5.95. The maximum Gasteiger partial charge on any atom is 0.257 e. The van der Waals surface area contributed by atoms with E-state index in [-0.39, 0.29) is 12.2 Å². The third-order valence-electron chi connectivity index (χ3n) is 3.95. The van der Waals surface area contributed by atoms with Crippen LogP contribution in [0.15, 0.2) is 16.7 Å². The third kappa shape index (κ3) is 2.53. The summed E-state index contributed by atoms with van der Waals surface area (Å²) >= 11 is 0. The largest absolute Gasteiger partial charge is 0.469 e. The fourth-order valence-corrected chi connectivity index (χ4v) is 2.80. The fourth-order valence-electron chi connectivity index (χ4n) is 2.80. The van der Waals surface area contributed by atoms with Crippen LogP contribution in [0, 0.1) is 12.8 Å². The zero-order chi connectivity index (χ0) is 13.2. The molecule has 5 heteroatoms. The topological polar surface area (TPSA) is 51.9 Å². The molecule has 5 nitrogen and oxygen atoms in total. The van der Waals surface area contributed by atoms with Gasteiger partial charge in [-0.25, -0.2) is 0 Å². The highest BCUT2D eigenvalue weighted by atomic mass is 16.7. The molecule has 0 aliphatic carbocycles. The number of piperidine rings is 1. The Morgan fingerprint density at radius 1 is 1.26 bits per heavy atom. The first-order chi connectivity index (χ1) is 9.25. The number of aryl methyl sites for hydroxylation is 1. The van der Waals surface area contributed by atoms with Crippen molar-refractivity contribution in [3.63, 3.8) is 0 Å². The summed E-state index contributed by atoms with van der Waals surface area (Å²) in [4.78, 5) is 14.2. The van der Waals surface area contributed by atoms with Crippen LogP contribution >= 0.6 is 0 Å². The van der Waals surface area contributed by atoms with E-state index in [4.69, 9.17) is 13.9 Å². The lowest BCUT2D eigenvalue weighted by Gasteiger charge is -2.33. The molecule has 2 aliphatic rings. The summed E-state index contributed by atoms with van der Waals surface area (Å²) in [7, 11) is 0. The van der Waals surface area contributed by atoms with Gasteiger partial charge in [0.15, 0.2) is 6.29 Å². The summed E-state index contributed by atoms with van der Waals surface area (Å²) < 4.78 is 16.3. The summed E-state index contributed by atoms with van der Waals surface area (Å²) in [5.74, 6) is 1.17. The quantitative estimate of drug-likeness (QED) is 0.818. The standard InChI is InChI=1S/C14H19NO4/c1-10-12(4-7-17-10)13(16)15-5-2-11(3-6-15)14-18-8-9-19-14/h4,7,11,14H,2-3,5-6,8-9H2,1H3. The number of ether oxygens (including phenoxy) is 2. The predicted molar refractivity (Wildman–Crippen MR) is 67.8 cm³/mol. The van der Waals surface area contributed by atoms with E-state index in [0.717, 1.165) is 25.9 Å². The lowest BCUT2D eigenvalue weighted by molar-refractivity contribution is -0.0956. The number of hydrogen-bond donors (Lipinski definition) is 0. The number of amides is 1. The van der Waals surface area contributed by atoms with Crippen molar-refractivity contribution in [2.45, 2.75) is 26.1 Å². The van der Waals surface area contributed by atoms with Crippen LogP contribution in [0.5, 0.6) is 0 Å². The molecule has 1 amide bonds. The van der Waals surface area contributed by atoms with Crippen LogP contribution in [-0.2, 0) is 9.47 Å². The Kier molecular flexibility index (Phi) is 3.57. The molecule has 104 valence electrons. The van der Waals surface area contributed by atoms with E-state index in [1.165, 1.54) is 0 Å². The molecule has 0 aromatic carbocycles. The molecule has 3 heterocycles. The summed E-state index contributed by atoms with van der Waals surface area (Å²) in [6.45, 7) is 4.73. The van der Waals surface area contributed by atoms with Crippen LogP contribution in [0.1, 0.15) is 29.0 Å². The summed E-state index contributed by atoms with van der Waals surface area (Å²) in [6, 6.07) is 1.74. The van der Waals surface area contributed by atoms with Crippen molar-refractivity contribution in [2.24, 2.45) is 5.92 Å². The SMILES string of the molecule is Cc1occc1C(=O)N1CCC(C2OCCO2)CC1. The maximum atomic E-state index is 12.3. The lowest BCUT2D eigenvalue weighted by Crippen LogP contribution is -2.41. The first-order valence-electron chi connectivity index (χ1n) is 6.82. The summed E-state index contributed by atoms with van der Waals surface area (Å²) in [5.41, 5.74) is 0.673. The molecule has 0 N–H and O–H groups in total. The second-order valence-corrected chi connectivity index (χ2v) is 5.13. The first-order valence-corrected chi connectivity index (χ1v) is 6.82. The molecular formula is C14H19NO4. The van der Waals surface area contributed by atoms with E-state index >= 15 is 0 Å². The van der Waals surface area contributed by atoms with Gasteiger partial charge in [0.25, 0.3) is 5.91 Å². The van der Waals surface area contributed by atoms with Gasteiger partial charge >= 0.3 is 0 Å². The van der Waals surface area contributed by atoms with Crippen LogP contribution in [0.2, 0.25) is 0 Å². The maximum absolute atomic E-state index is 12.3. The smallest absolute Gasteiger partial charge is 0.257 e. The number of carbonyl (C=O) groups excluding carboxylic acids is 1. The highest BCUT2D eigenvalue weighted by Gasteiger charge is 2.32. The van der Waals surface area contributed by atoms with Crippen molar-refractivity contribution < 1.29 is 18.7 Å². The van der Waals surface area contributed by atoms with E-state index in [0.29, 0.717) is 30.5 Å². The number of furan rings is 1. The van der Waals surface area contributed by atoms with Crippen LogP contribution in [-0.4, -0.2) is 43.4 Å². The van der Waals surface area contributed by atoms with Crippen LogP contribution in [0.4, 0.5) is 0 Å². The predicted octanol–water partition coefficient (Wildman–Crippen LogP) is 1.81. The van der Waals surface area contributed by atoms with Gasteiger partial charge in [-0.3, -0.25) is 4.79 Å². The Morgan fingerprint density at radius 2 is 1.95 bits per heavy atom. The van der Waals surface area contributed by atoms with Gasteiger partial charge in [-0.1, -0.05) is 0 Å². The molecule has 1 aromatic rings. The lowest BCUT2D eigenvalue weighted by atomic mass is 9.95. The zero-order valence-electron chi connectivity index (χ0n) is 11.1. The molecule has 0 radical (unpaired) electrons. The van der Waals surface area contributed by atoms with Crippen molar-refractivity contribution >= 4 is 5.91 Å². The van der Waals surface area contributed by atoms with Gasteiger partial charge in [0.2, 0.25) is 0 Å². The van der Waals surface area contributed by atoms with Gasteiger partial charge in [-0.2, -0.15) is 0 Å². The fraction of sp³-hybridized carbons (Fsp3) is 0.643. The van der Waals surface area contributed by atoms with Crippen LogP contribution in [0.3, 0.4) is 0 Å². The molecule has 0 bridgehead atoms. The van der Waals surface area contributed by atoms with Crippen LogP contribution in [0.25, 0.3) is 0 Å². The Labute approximate surface area is 112 Å². The minimum atomic E-state index is -0.0621. The molecule has 19 heavy (non-hydrogen) atoms. The summed E-state index contributed by atoms with van der Waals surface area (Å²) in [5, 5.41) is 0. The Hall–Kier alpha value is -1.33. The van der Waals surface area contributed by atoms with E-state index in [9.17, 15) is 4.79 Å². The molecule has 0 spiro atoms. The Balaban J connectivity index is 1.58. The van der Waals surface area contributed by atoms with Crippen molar-refractivity contribution in [1.29, 1.82) is 0 Å². The van der Waals surface area contributed by atoms with E-state index in [1.54, 1.807) is 12.3 Å². The van der Waals surface area contributed by atoms with Crippen molar-refractivity contribution in [2.75, 3.05) is 26.3 Å². The second kappa shape index (κ2) is 5.35. The molecule has 3 rings (SSSR count). The summed E-state index contributed by atoms with van der Waals surface area (Å²) in [6.07, 6.45) is 3.38. The van der Waals surface area contributed by atoms with Gasteiger partial charge in [0.05, 0.1) is 25.0 Å². The number of carbonyl (C=O) groups is 1. The normalized spacial score (nSPS) is 22.1. The first kappa shape index (κ1) is 12.7. The number of likely N-dealkylation sites (tertiary alicyclic amines) is 1. The molecule has 1 aromatic heterocycles. The monoisotopic (exact) mass is 265 g/mol. The third-order valence-corrected chi connectivity index (χ3v) is 3.95. The van der Waals surface area contributed by atoms with Gasteiger partial charge in [0.1, 0.15) is 5.76 Å². The second-order valence-electron chi connectivity index (χ2n) is 5.13. The van der Waals surface area contributed by atoms with Gasteiger partial charge in [0, 0.05) is 19.0 Å². The van der Waals surface area contributed by atoms with E-state index in [2.05, 4.69) is 0 Å². The van der Waals surface area contributed by atoms with E-state index in [1.807, 2.05) is 11.8 Å². The Bertz CT molecular complexity index is 442. The van der Waals surface area contributed by atoms with Crippen LogP contribution < -0.4 is 0 Å². The highest BCUT2D eigenvalue weighted by Crippen LogP contribution is 2.26. The van der Waals surface area contributed by atoms with Gasteiger partial charge in [-0.05, 0) is 25.8 Å². The minimum Gasteiger partial charge on any atom is -0.469 e. The van der Waals surface area contributed by atoms with Crippen molar-refractivity contribution in [1.82, 2.24) is 4.90 Å². The molecule has 2 aliphatic heterocycles. The van der Waals surface area contributed by atoms with E-state index < -0.39 is 0 Å². The van der Waals surface area contributed by atoms with Gasteiger partial charge < -0.3 is 18.8 Å².